The fourth-order valence-corrected chi connectivity index (χ4v) is 3.96. The SMILES string of the molecule is Cc1cc(NC(=O)c2ccc(C)c(Nc3cc(-c4cccnc4)nc4c3C=CC4)c2)n(C)n1. The maximum Gasteiger partial charge on any atom is 0.256 e. The van der Waals surface area contributed by atoms with Crippen molar-refractivity contribution in [3.8, 4) is 11.3 Å². The van der Waals surface area contributed by atoms with Crippen LogP contribution in [0.3, 0.4) is 0 Å². The normalized spacial score (nSPS) is 12.0. The van der Waals surface area contributed by atoms with Crippen LogP contribution in [0.25, 0.3) is 17.3 Å². The van der Waals surface area contributed by atoms with Crippen LogP contribution in [0.1, 0.15) is 32.9 Å². The predicted molar refractivity (Wildman–Crippen MR) is 131 cm³/mol. The summed E-state index contributed by atoms with van der Waals surface area (Å²) in [7, 11) is 1.81. The molecule has 4 aromatic rings. The minimum absolute atomic E-state index is 0.183. The van der Waals surface area contributed by atoms with Crippen LogP contribution in [0.15, 0.2) is 60.9 Å². The van der Waals surface area contributed by atoms with E-state index in [0.717, 1.165) is 51.6 Å². The Bertz CT molecular complexity index is 1390. The minimum Gasteiger partial charge on any atom is -0.355 e. The molecule has 0 atom stereocenters. The summed E-state index contributed by atoms with van der Waals surface area (Å²) in [5.74, 6) is 0.475. The molecule has 7 nitrogen and oxygen atoms in total. The molecule has 0 spiro atoms. The van der Waals surface area contributed by atoms with Crippen LogP contribution in [0.2, 0.25) is 0 Å². The van der Waals surface area contributed by atoms with E-state index < -0.39 is 0 Å². The summed E-state index contributed by atoms with van der Waals surface area (Å²) in [6.45, 7) is 3.92. The number of nitrogens with zero attached hydrogens (tertiary/aromatic N) is 4. The number of nitrogens with one attached hydrogen (secondary N) is 2. The van der Waals surface area contributed by atoms with Crippen molar-refractivity contribution in [2.75, 3.05) is 10.6 Å². The molecule has 5 rings (SSSR count). The third-order valence-electron chi connectivity index (χ3n) is 5.70. The van der Waals surface area contributed by atoms with Gasteiger partial charge in [-0.25, -0.2) is 0 Å². The molecule has 0 radical (unpaired) electrons. The number of hydrogen-bond acceptors (Lipinski definition) is 5. The number of aromatic nitrogens is 4. The highest BCUT2D eigenvalue weighted by molar-refractivity contribution is 6.04. The summed E-state index contributed by atoms with van der Waals surface area (Å²) >= 11 is 0. The minimum atomic E-state index is -0.183. The molecule has 0 saturated heterocycles. The lowest BCUT2D eigenvalue weighted by Gasteiger charge is -2.16. The van der Waals surface area contributed by atoms with E-state index in [2.05, 4.69) is 32.9 Å². The van der Waals surface area contributed by atoms with Gasteiger partial charge in [-0.3, -0.25) is 19.4 Å². The zero-order chi connectivity index (χ0) is 22.9. The molecule has 2 N–H and O–H groups in total. The third-order valence-corrected chi connectivity index (χ3v) is 5.70. The monoisotopic (exact) mass is 436 g/mol. The van der Waals surface area contributed by atoms with Crippen molar-refractivity contribution in [1.82, 2.24) is 19.7 Å². The largest absolute Gasteiger partial charge is 0.355 e. The van der Waals surface area contributed by atoms with Crippen LogP contribution >= 0.6 is 0 Å². The second kappa shape index (κ2) is 8.35. The Hall–Kier alpha value is -4.26. The smallest absolute Gasteiger partial charge is 0.256 e. The number of carbonyl (C=O) groups excluding carboxylic acids is 1. The number of aryl methyl sites for hydroxylation is 3. The molecule has 0 unspecified atom stereocenters. The van der Waals surface area contributed by atoms with Gasteiger partial charge in [-0.15, -0.1) is 0 Å². The van der Waals surface area contributed by atoms with Gasteiger partial charge in [-0.1, -0.05) is 18.2 Å². The van der Waals surface area contributed by atoms with E-state index in [4.69, 9.17) is 4.98 Å². The summed E-state index contributed by atoms with van der Waals surface area (Å²) in [4.78, 5) is 22.0. The second-order valence-corrected chi connectivity index (χ2v) is 8.17. The Balaban J connectivity index is 1.47. The lowest BCUT2D eigenvalue weighted by Crippen LogP contribution is -2.15. The average molecular weight is 437 g/mol. The molecule has 1 aliphatic carbocycles. The molecule has 0 aliphatic heterocycles. The highest BCUT2D eigenvalue weighted by Gasteiger charge is 2.17. The third kappa shape index (κ3) is 4.13. The first-order chi connectivity index (χ1) is 16.0. The summed E-state index contributed by atoms with van der Waals surface area (Å²) < 4.78 is 1.66. The molecule has 1 aromatic carbocycles. The van der Waals surface area contributed by atoms with Crippen LogP contribution in [-0.2, 0) is 13.5 Å². The summed E-state index contributed by atoms with van der Waals surface area (Å²) in [6, 6.07) is 13.5. The first-order valence-electron chi connectivity index (χ1n) is 10.8. The van der Waals surface area contributed by atoms with Gasteiger partial charge in [-0.2, -0.15) is 5.10 Å². The average Bonchev–Trinajstić information content (AvgIpc) is 3.41. The second-order valence-electron chi connectivity index (χ2n) is 8.17. The lowest BCUT2D eigenvalue weighted by atomic mass is 10.1. The van der Waals surface area contributed by atoms with Crippen molar-refractivity contribution in [3.63, 3.8) is 0 Å². The van der Waals surface area contributed by atoms with Gasteiger partial charge >= 0.3 is 0 Å². The summed E-state index contributed by atoms with van der Waals surface area (Å²) in [6.07, 6.45) is 8.57. The van der Waals surface area contributed by atoms with Crippen molar-refractivity contribution < 1.29 is 4.79 Å². The van der Waals surface area contributed by atoms with Gasteiger partial charge in [0, 0.05) is 60.0 Å². The number of fused-ring (bicyclic) bond motifs is 1. The van der Waals surface area contributed by atoms with Gasteiger partial charge in [0.2, 0.25) is 0 Å². The zero-order valence-corrected chi connectivity index (χ0v) is 18.8. The lowest BCUT2D eigenvalue weighted by molar-refractivity contribution is 0.102. The molecule has 7 heteroatoms. The molecule has 3 heterocycles. The van der Waals surface area contributed by atoms with E-state index in [0.29, 0.717) is 11.4 Å². The Morgan fingerprint density at radius 3 is 2.73 bits per heavy atom. The topological polar surface area (TPSA) is 84.7 Å². The zero-order valence-electron chi connectivity index (χ0n) is 18.8. The number of anilines is 3. The Morgan fingerprint density at radius 1 is 1.09 bits per heavy atom. The van der Waals surface area contributed by atoms with Crippen molar-refractivity contribution >= 4 is 29.2 Å². The Labute approximate surface area is 192 Å². The van der Waals surface area contributed by atoms with Gasteiger partial charge in [0.25, 0.3) is 5.91 Å². The maximum absolute atomic E-state index is 12.9. The van der Waals surface area contributed by atoms with E-state index in [1.54, 1.807) is 10.9 Å². The highest BCUT2D eigenvalue weighted by Crippen LogP contribution is 2.33. The fourth-order valence-electron chi connectivity index (χ4n) is 3.96. The number of pyridine rings is 2. The molecule has 0 saturated carbocycles. The molecular weight excluding hydrogens is 412 g/mol. The van der Waals surface area contributed by atoms with Crippen molar-refractivity contribution in [2.24, 2.45) is 7.05 Å². The number of rotatable bonds is 5. The van der Waals surface area contributed by atoms with Crippen molar-refractivity contribution in [2.45, 2.75) is 20.3 Å². The fraction of sp³-hybridized carbons (Fsp3) is 0.154. The number of benzene rings is 1. The maximum atomic E-state index is 12.9. The van der Waals surface area contributed by atoms with Crippen molar-refractivity contribution in [3.05, 3.63) is 89.0 Å². The molecule has 0 bridgehead atoms. The van der Waals surface area contributed by atoms with E-state index in [-0.39, 0.29) is 5.91 Å². The quantitative estimate of drug-likeness (QED) is 0.457. The summed E-state index contributed by atoms with van der Waals surface area (Å²) in [5.41, 5.74) is 8.21. The van der Waals surface area contributed by atoms with E-state index >= 15 is 0 Å². The Morgan fingerprint density at radius 2 is 1.97 bits per heavy atom. The first kappa shape index (κ1) is 20.6. The summed E-state index contributed by atoms with van der Waals surface area (Å²) in [5, 5.41) is 10.8. The van der Waals surface area contributed by atoms with Gasteiger partial charge in [0.05, 0.1) is 17.1 Å². The number of carbonyl (C=O) groups is 1. The van der Waals surface area contributed by atoms with Gasteiger partial charge < -0.3 is 10.6 Å². The van der Waals surface area contributed by atoms with Gasteiger partial charge in [-0.05, 0) is 49.7 Å². The Kier molecular flexibility index (Phi) is 5.22. The predicted octanol–water partition coefficient (Wildman–Crippen LogP) is 5.06. The molecule has 33 heavy (non-hydrogen) atoms. The number of amides is 1. The van der Waals surface area contributed by atoms with E-state index in [1.807, 2.05) is 69.6 Å². The molecule has 1 aliphatic rings. The van der Waals surface area contributed by atoms with Crippen LogP contribution in [0, 0.1) is 13.8 Å². The van der Waals surface area contributed by atoms with Gasteiger partial charge in [0.15, 0.2) is 0 Å². The molecular formula is C26H24N6O. The highest BCUT2D eigenvalue weighted by atomic mass is 16.1. The first-order valence-corrected chi connectivity index (χ1v) is 10.8. The molecule has 3 aromatic heterocycles. The van der Waals surface area contributed by atoms with Gasteiger partial charge in [0.1, 0.15) is 5.82 Å². The van der Waals surface area contributed by atoms with Crippen LogP contribution in [0.4, 0.5) is 17.2 Å². The molecule has 0 fully saturated rings. The van der Waals surface area contributed by atoms with E-state index in [1.165, 1.54) is 0 Å². The number of allylic oxidation sites excluding steroid dienone is 1. The van der Waals surface area contributed by atoms with Crippen LogP contribution in [0.5, 0.6) is 0 Å². The van der Waals surface area contributed by atoms with Crippen molar-refractivity contribution in [1.29, 1.82) is 0 Å². The van der Waals surface area contributed by atoms with Crippen LogP contribution < -0.4 is 10.6 Å². The van der Waals surface area contributed by atoms with Crippen LogP contribution in [-0.4, -0.2) is 25.7 Å². The molecule has 1 amide bonds. The van der Waals surface area contributed by atoms with E-state index in [9.17, 15) is 4.79 Å². The number of hydrogen-bond donors (Lipinski definition) is 2. The molecule has 164 valence electrons. The standard InChI is InChI=1S/C26H24N6O/c1-16-9-10-18(26(33)30-25-12-17(2)31-32(25)3)13-22(16)29-24-14-23(19-6-5-11-27-15-19)28-21-8-4-7-20(21)24/h4-7,9-15H,8H2,1-3H3,(H,28,29)(H,30,33).